The molecule has 0 aliphatic rings. The highest BCUT2D eigenvalue weighted by Crippen LogP contribution is 2.18. The first-order chi connectivity index (χ1) is 8.47. The third kappa shape index (κ3) is 3.47. The molecule has 1 unspecified atom stereocenters. The van der Waals surface area contributed by atoms with E-state index in [1.807, 2.05) is 0 Å². The van der Waals surface area contributed by atoms with Gasteiger partial charge in [-0.3, -0.25) is 4.79 Å². The van der Waals surface area contributed by atoms with Crippen LogP contribution in [-0.2, 0) is 9.53 Å². The molecule has 0 aliphatic carbocycles. The standard InChI is InChI=1S/C13H16ClNO3/c1-4-18-13(17)9(3)15-12(16)10-6-5-7-11(14)8(10)2/h5-7,9H,4H2,1-3H3,(H,15,16). The van der Waals surface area contributed by atoms with E-state index in [1.165, 1.54) is 0 Å². The molecule has 0 spiro atoms. The van der Waals surface area contributed by atoms with Crippen molar-refractivity contribution < 1.29 is 14.3 Å². The molecule has 0 fully saturated rings. The minimum atomic E-state index is -0.684. The van der Waals surface area contributed by atoms with Gasteiger partial charge >= 0.3 is 5.97 Å². The second kappa shape index (κ2) is 6.40. The summed E-state index contributed by atoms with van der Waals surface area (Å²) < 4.78 is 4.81. The van der Waals surface area contributed by atoms with Crippen molar-refractivity contribution in [2.45, 2.75) is 26.8 Å². The smallest absolute Gasteiger partial charge is 0.328 e. The van der Waals surface area contributed by atoms with Crippen molar-refractivity contribution in [3.63, 3.8) is 0 Å². The molecule has 0 radical (unpaired) electrons. The van der Waals surface area contributed by atoms with Gasteiger partial charge in [0, 0.05) is 10.6 Å². The molecule has 0 saturated carbocycles. The van der Waals surface area contributed by atoms with Crippen LogP contribution < -0.4 is 5.32 Å². The minimum absolute atomic E-state index is 0.287. The first-order valence-electron chi connectivity index (χ1n) is 5.70. The average Bonchev–Trinajstić information content (AvgIpc) is 2.32. The van der Waals surface area contributed by atoms with Crippen LogP contribution in [0.1, 0.15) is 29.8 Å². The molecule has 1 atom stereocenters. The van der Waals surface area contributed by atoms with Crippen LogP contribution in [0.3, 0.4) is 0 Å². The molecule has 5 heteroatoms. The van der Waals surface area contributed by atoms with Gasteiger partial charge in [0.15, 0.2) is 0 Å². The van der Waals surface area contributed by atoms with Crippen molar-refractivity contribution in [3.8, 4) is 0 Å². The van der Waals surface area contributed by atoms with Crippen molar-refractivity contribution >= 4 is 23.5 Å². The maximum absolute atomic E-state index is 12.0. The Bertz CT molecular complexity index is 460. The summed E-state index contributed by atoms with van der Waals surface area (Å²) in [5, 5.41) is 3.10. The first-order valence-corrected chi connectivity index (χ1v) is 6.07. The Morgan fingerprint density at radius 3 is 2.72 bits per heavy atom. The lowest BCUT2D eigenvalue weighted by Crippen LogP contribution is -2.39. The van der Waals surface area contributed by atoms with Crippen molar-refractivity contribution in [1.82, 2.24) is 5.32 Å². The molecule has 1 N–H and O–H groups in total. The highest BCUT2D eigenvalue weighted by atomic mass is 35.5. The van der Waals surface area contributed by atoms with E-state index in [-0.39, 0.29) is 12.5 Å². The number of ether oxygens (including phenoxy) is 1. The molecule has 18 heavy (non-hydrogen) atoms. The number of esters is 1. The lowest BCUT2D eigenvalue weighted by atomic mass is 10.1. The van der Waals surface area contributed by atoms with Crippen LogP contribution in [0.25, 0.3) is 0 Å². The van der Waals surface area contributed by atoms with E-state index < -0.39 is 12.0 Å². The summed E-state index contributed by atoms with van der Waals surface area (Å²) in [6.45, 7) is 5.34. The summed E-state index contributed by atoms with van der Waals surface area (Å²) in [6.07, 6.45) is 0. The number of carbonyl (C=O) groups is 2. The van der Waals surface area contributed by atoms with Crippen LogP contribution in [0.5, 0.6) is 0 Å². The van der Waals surface area contributed by atoms with Gasteiger partial charge in [0.05, 0.1) is 6.61 Å². The number of rotatable bonds is 4. The number of amides is 1. The SMILES string of the molecule is CCOC(=O)C(C)NC(=O)c1cccc(Cl)c1C. The molecule has 4 nitrogen and oxygen atoms in total. The number of nitrogens with one attached hydrogen (secondary N) is 1. The van der Waals surface area contributed by atoms with Gasteiger partial charge in [-0.25, -0.2) is 4.79 Å². The Kier molecular flexibility index (Phi) is 5.16. The Balaban J connectivity index is 2.77. The second-order valence-corrected chi connectivity index (χ2v) is 4.27. The molecule has 98 valence electrons. The molecule has 1 aromatic rings. The lowest BCUT2D eigenvalue weighted by Gasteiger charge is -2.14. The van der Waals surface area contributed by atoms with Crippen LogP contribution in [0.4, 0.5) is 0 Å². The average molecular weight is 270 g/mol. The molecule has 0 aliphatic heterocycles. The van der Waals surface area contributed by atoms with E-state index >= 15 is 0 Å². The second-order valence-electron chi connectivity index (χ2n) is 3.86. The molecule has 0 aromatic heterocycles. The fraction of sp³-hybridized carbons (Fsp3) is 0.385. The van der Waals surface area contributed by atoms with Crippen LogP contribution >= 0.6 is 11.6 Å². The Labute approximate surface area is 111 Å². The predicted molar refractivity (Wildman–Crippen MR) is 69.8 cm³/mol. The largest absolute Gasteiger partial charge is 0.464 e. The van der Waals surface area contributed by atoms with Crippen LogP contribution in [0, 0.1) is 6.92 Å². The maximum atomic E-state index is 12.0. The Morgan fingerprint density at radius 2 is 2.11 bits per heavy atom. The Hall–Kier alpha value is -1.55. The van der Waals surface area contributed by atoms with Gasteiger partial charge in [-0.2, -0.15) is 0 Å². The van der Waals surface area contributed by atoms with E-state index in [4.69, 9.17) is 16.3 Å². The molecular weight excluding hydrogens is 254 g/mol. The molecule has 1 aromatic carbocycles. The third-order valence-corrected chi connectivity index (χ3v) is 2.91. The summed E-state index contributed by atoms with van der Waals surface area (Å²) in [5.74, 6) is -0.791. The van der Waals surface area contributed by atoms with Crippen LogP contribution in [0.2, 0.25) is 5.02 Å². The number of hydrogen-bond donors (Lipinski definition) is 1. The van der Waals surface area contributed by atoms with Gasteiger partial charge in [0.1, 0.15) is 6.04 Å². The maximum Gasteiger partial charge on any atom is 0.328 e. The third-order valence-electron chi connectivity index (χ3n) is 2.50. The topological polar surface area (TPSA) is 55.4 Å². The molecule has 0 heterocycles. The van der Waals surface area contributed by atoms with E-state index in [0.717, 1.165) is 0 Å². The van der Waals surface area contributed by atoms with Gasteiger partial charge in [-0.05, 0) is 38.5 Å². The van der Waals surface area contributed by atoms with Crippen molar-refractivity contribution in [2.75, 3.05) is 6.61 Å². The predicted octanol–water partition coefficient (Wildman–Crippen LogP) is 2.33. The van der Waals surface area contributed by atoms with Gasteiger partial charge in [-0.1, -0.05) is 17.7 Å². The quantitative estimate of drug-likeness (QED) is 0.854. The molecule has 0 saturated heterocycles. The van der Waals surface area contributed by atoms with Gasteiger partial charge < -0.3 is 10.1 Å². The van der Waals surface area contributed by atoms with Crippen LogP contribution in [-0.4, -0.2) is 24.5 Å². The summed E-state index contributed by atoms with van der Waals surface area (Å²) in [6, 6.07) is 4.38. The van der Waals surface area contributed by atoms with Crippen LogP contribution in [0.15, 0.2) is 18.2 Å². The highest BCUT2D eigenvalue weighted by Gasteiger charge is 2.18. The summed E-state index contributed by atoms with van der Waals surface area (Å²) in [7, 11) is 0. The Morgan fingerprint density at radius 1 is 1.44 bits per heavy atom. The van der Waals surface area contributed by atoms with Crippen molar-refractivity contribution in [3.05, 3.63) is 34.3 Å². The lowest BCUT2D eigenvalue weighted by molar-refractivity contribution is -0.144. The van der Waals surface area contributed by atoms with E-state index in [9.17, 15) is 9.59 Å². The monoisotopic (exact) mass is 269 g/mol. The molecular formula is C13H16ClNO3. The number of halogens is 1. The summed E-state index contributed by atoms with van der Waals surface area (Å²) in [4.78, 5) is 23.4. The summed E-state index contributed by atoms with van der Waals surface area (Å²) >= 11 is 5.94. The fourth-order valence-corrected chi connectivity index (χ4v) is 1.63. The zero-order valence-electron chi connectivity index (χ0n) is 10.6. The fourth-order valence-electron chi connectivity index (χ4n) is 1.45. The zero-order chi connectivity index (χ0) is 13.7. The van der Waals surface area contributed by atoms with Crippen molar-refractivity contribution in [2.24, 2.45) is 0 Å². The minimum Gasteiger partial charge on any atom is -0.464 e. The van der Waals surface area contributed by atoms with Gasteiger partial charge in [0.25, 0.3) is 5.91 Å². The number of carbonyl (C=O) groups excluding carboxylic acids is 2. The van der Waals surface area contributed by atoms with Gasteiger partial charge in [0.2, 0.25) is 0 Å². The van der Waals surface area contributed by atoms with Gasteiger partial charge in [-0.15, -0.1) is 0 Å². The zero-order valence-corrected chi connectivity index (χ0v) is 11.4. The normalized spacial score (nSPS) is 11.8. The summed E-state index contributed by atoms with van der Waals surface area (Å²) in [5.41, 5.74) is 1.14. The first kappa shape index (κ1) is 14.5. The van der Waals surface area contributed by atoms with E-state index in [2.05, 4.69) is 5.32 Å². The molecule has 1 rings (SSSR count). The van der Waals surface area contributed by atoms with Crippen molar-refractivity contribution in [1.29, 1.82) is 0 Å². The van der Waals surface area contributed by atoms with E-state index in [0.29, 0.717) is 16.1 Å². The molecule has 1 amide bonds. The number of benzene rings is 1. The number of hydrogen-bond acceptors (Lipinski definition) is 3. The molecule has 0 bridgehead atoms. The van der Waals surface area contributed by atoms with E-state index in [1.54, 1.807) is 39.0 Å². The highest BCUT2D eigenvalue weighted by molar-refractivity contribution is 6.31.